The topological polar surface area (TPSA) is 121 Å². The summed E-state index contributed by atoms with van der Waals surface area (Å²) in [6.45, 7) is 0. The summed E-state index contributed by atoms with van der Waals surface area (Å²) in [4.78, 5) is 16.9. The molecule has 0 unspecified atom stereocenters. The molecule has 0 rings (SSSR count). The average molecular weight is 265 g/mol. The van der Waals surface area contributed by atoms with Crippen LogP contribution in [0.5, 0.6) is 0 Å². The second-order valence-electron chi connectivity index (χ2n) is 0.505. The molecule has 0 heterocycles. The van der Waals surface area contributed by atoms with Gasteiger partial charge in [-0.3, -0.25) is 0 Å². The third-order valence-corrected chi connectivity index (χ3v) is 0. The summed E-state index contributed by atoms with van der Waals surface area (Å²) in [6, 6.07) is 0. The first kappa shape index (κ1) is 16.0. The summed E-state index contributed by atoms with van der Waals surface area (Å²) < 4.78 is 0. The van der Waals surface area contributed by atoms with Gasteiger partial charge in [0.1, 0.15) is 9.81 Å². The second-order valence-corrected chi connectivity index (χ2v) is 0.505. The quantitative estimate of drug-likeness (QED) is 0.319. The molecular weight excluding hydrogens is 261 g/mol. The Morgan fingerprint density at radius 2 is 0.778 bits per heavy atom. The van der Waals surface area contributed by atoms with Crippen LogP contribution >= 0.6 is 0 Å². The van der Waals surface area contributed by atoms with Gasteiger partial charge < -0.3 is 0 Å². The van der Waals surface area contributed by atoms with Crippen molar-refractivity contribution in [3.8, 4) is 0 Å². The zero-order valence-corrected chi connectivity index (χ0v) is 8.65. The zero-order valence-electron chi connectivity index (χ0n) is 4.21. The monoisotopic (exact) mass is 266 g/mol. The fourth-order valence-corrected chi connectivity index (χ4v) is 0. The van der Waals surface area contributed by atoms with Crippen LogP contribution in [0.3, 0.4) is 0 Å². The molecule has 0 bridgehead atoms. The molecule has 50 valence electrons. The van der Waals surface area contributed by atoms with Crippen molar-refractivity contribution in [3.05, 3.63) is 9.81 Å². The molecule has 0 amide bonds. The molecule has 0 atom stereocenters. The van der Waals surface area contributed by atoms with E-state index in [4.69, 9.17) is 30.6 Å². The van der Waals surface area contributed by atoms with Gasteiger partial charge >= 0.3 is 10.2 Å². The van der Waals surface area contributed by atoms with E-state index in [1.165, 1.54) is 0 Å². The summed E-state index contributed by atoms with van der Waals surface area (Å²) in [6.07, 6.45) is 0. The van der Waals surface area contributed by atoms with Gasteiger partial charge in [0.05, 0.1) is 0 Å². The van der Waals surface area contributed by atoms with E-state index in [1.807, 2.05) is 0 Å². The van der Waals surface area contributed by atoms with Gasteiger partial charge in [-0.25, -0.2) is 20.8 Å². The Labute approximate surface area is 88.8 Å². The Kier molecular flexibility index (Phi) is 19.3. The first-order chi connectivity index (χ1) is 3.46. The number of rotatable bonds is 0. The fourth-order valence-electron chi connectivity index (χ4n) is 0. The normalized spacial score (nSPS) is 5.33. The minimum absolute atomic E-state index is 0. The molecule has 0 saturated heterocycles. The van der Waals surface area contributed by atoms with Crippen molar-refractivity contribution in [2.24, 2.45) is 0 Å². The molecule has 0 saturated carbocycles. The number of hydrogen-bond acceptors (Lipinski definition) is 2. The minimum Gasteiger partial charge on any atom is -0.201 e. The van der Waals surface area contributed by atoms with Gasteiger partial charge in [0.15, 0.2) is 0 Å². The Morgan fingerprint density at radius 3 is 0.778 bits per heavy atom. The maximum Gasteiger partial charge on any atom is 0.472 e. The average Bonchev–Trinajstić information content (AvgIpc) is 1.25. The molecule has 0 aromatic rings. The van der Waals surface area contributed by atoms with Crippen molar-refractivity contribution < 1.29 is 31.0 Å². The Bertz CT molecular complexity index is 69.1. The van der Waals surface area contributed by atoms with Crippen molar-refractivity contribution in [2.45, 2.75) is 0 Å². The van der Waals surface area contributed by atoms with Crippen LogP contribution in [0.1, 0.15) is 0 Å². The van der Waals surface area contributed by atoms with E-state index in [0.29, 0.717) is 0 Å². The summed E-state index contributed by atoms with van der Waals surface area (Å²) >= 11 is 0. The van der Waals surface area contributed by atoms with Crippen LogP contribution in [0, 0.1) is 9.81 Å². The number of nitrogens with zero attached hydrogens (tertiary/aromatic N) is 2. The van der Waals surface area contributed by atoms with E-state index in [2.05, 4.69) is 0 Å². The van der Waals surface area contributed by atoms with Gasteiger partial charge in [-0.1, -0.05) is 0 Å². The van der Waals surface area contributed by atoms with Crippen molar-refractivity contribution in [1.29, 1.82) is 0 Å². The van der Waals surface area contributed by atoms with E-state index >= 15 is 0 Å². The van der Waals surface area contributed by atoms with Crippen LogP contribution < -0.4 is 0 Å². The molecule has 2 radical (unpaired) electrons. The van der Waals surface area contributed by atoms with E-state index in [1.54, 1.807) is 0 Å². The molecule has 9 heteroatoms. The molecule has 0 aliphatic carbocycles. The van der Waals surface area contributed by atoms with Gasteiger partial charge in [0, 0.05) is 48.9 Å². The smallest absolute Gasteiger partial charge is 0.201 e. The molecule has 0 aromatic heterocycles. The summed E-state index contributed by atoms with van der Waals surface area (Å²) in [5, 5.41) is 25.1. The molecule has 0 aromatic carbocycles. The van der Waals surface area contributed by atoms with Crippen molar-refractivity contribution >= 4 is 48.9 Å². The van der Waals surface area contributed by atoms with E-state index in [-0.39, 0.29) is 48.9 Å². The predicted octanol–water partition coefficient (Wildman–Crippen LogP) is -1.29. The summed E-state index contributed by atoms with van der Waals surface area (Å²) in [5.41, 5.74) is 0. The van der Waals surface area contributed by atoms with Gasteiger partial charge in [0.2, 0.25) is 0 Å². The van der Waals surface area contributed by atoms with Crippen LogP contribution in [0.4, 0.5) is 0 Å². The predicted molar refractivity (Wildman–Crippen MR) is 20.2 cm³/mol. The van der Waals surface area contributed by atoms with E-state index < -0.39 is 10.2 Å². The Hall–Kier alpha value is -0.0286. The molecule has 0 aliphatic heterocycles. The summed E-state index contributed by atoms with van der Waals surface area (Å²) in [7, 11) is 0. The Balaban J connectivity index is -0.0000000720. The van der Waals surface area contributed by atoms with E-state index in [9.17, 15) is 0 Å². The zero-order chi connectivity index (χ0) is 7.15. The fraction of sp³-hybridized carbons (Fsp3) is 0. The summed E-state index contributed by atoms with van der Waals surface area (Å²) in [5.74, 6) is 0. The molecule has 9 heavy (non-hydrogen) atoms. The van der Waals surface area contributed by atoms with Gasteiger partial charge in [-0.15, -0.1) is 0 Å². The first-order valence-corrected chi connectivity index (χ1v) is 1.17. The third kappa shape index (κ3) is 348000. The SMILES string of the molecule is O=[N+](O)O.O=[N+](O)O.[Ba]. The van der Waals surface area contributed by atoms with Crippen molar-refractivity contribution in [3.63, 3.8) is 0 Å². The molecule has 0 aliphatic rings. The number of hydrogen-bond donors (Lipinski definition) is 4. The standard InChI is InChI=1S/Ba.2H2NO3/c;2*2-1(3)4/h;2*(H2,2,3,4)/q;2*+1. The molecule has 8 nitrogen and oxygen atoms in total. The Morgan fingerprint density at radius 1 is 0.778 bits per heavy atom. The van der Waals surface area contributed by atoms with Crippen LogP contribution in [0.2, 0.25) is 0 Å². The van der Waals surface area contributed by atoms with Gasteiger partial charge in [0.25, 0.3) is 0 Å². The molecule has 4 N–H and O–H groups in total. The van der Waals surface area contributed by atoms with Gasteiger partial charge in [-0.05, 0) is 0 Å². The van der Waals surface area contributed by atoms with Crippen LogP contribution in [-0.2, 0) is 0 Å². The van der Waals surface area contributed by atoms with Crippen molar-refractivity contribution in [1.82, 2.24) is 0 Å². The minimum atomic E-state index is -1.25. The maximum absolute atomic E-state index is 8.47. The van der Waals surface area contributed by atoms with Crippen LogP contribution in [0.25, 0.3) is 0 Å². The maximum atomic E-state index is 8.47. The first-order valence-electron chi connectivity index (χ1n) is 1.17. The van der Waals surface area contributed by atoms with Crippen molar-refractivity contribution in [2.75, 3.05) is 0 Å². The molecule has 0 fully saturated rings. The van der Waals surface area contributed by atoms with E-state index in [0.717, 1.165) is 0 Å². The second kappa shape index (κ2) is 10.9. The van der Waals surface area contributed by atoms with Crippen LogP contribution in [0.15, 0.2) is 0 Å². The third-order valence-electron chi connectivity index (χ3n) is 0. The largest absolute Gasteiger partial charge is 0.472 e. The molecular formula is H4BaN2O6+2. The van der Waals surface area contributed by atoms with Gasteiger partial charge in [-0.2, -0.15) is 0 Å². The molecule has 0 spiro atoms. The van der Waals surface area contributed by atoms with Crippen LogP contribution in [-0.4, -0.2) is 79.9 Å².